The second-order valence-electron chi connectivity index (χ2n) is 5.00. The highest BCUT2D eigenvalue weighted by Gasteiger charge is 2.07. The molecule has 21 heavy (non-hydrogen) atoms. The second kappa shape index (κ2) is 6.02. The van der Waals surface area contributed by atoms with E-state index in [-0.39, 0.29) is 0 Å². The third-order valence-electron chi connectivity index (χ3n) is 3.52. The molecule has 0 spiro atoms. The lowest BCUT2D eigenvalue weighted by Crippen LogP contribution is -2.07. The van der Waals surface area contributed by atoms with Gasteiger partial charge in [0.15, 0.2) is 0 Å². The summed E-state index contributed by atoms with van der Waals surface area (Å²) >= 11 is 1.72. The average Bonchev–Trinajstić information content (AvgIpc) is 2.98. The molecule has 1 N–H and O–H groups in total. The molecule has 1 heterocycles. The molecule has 0 radical (unpaired) electrons. The van der Waals surface area contributed by atoms with Crippen molar-refractivity contribution < 1.29 is 0 Å². The number of rotatable bonds is 4. The zero-order chi connectivity index (χ0) is 14.7. The quantitative estimate of drug-likeness (QED) is 0.677. The first-order chi connectivity index (χ1) is 10.2. The van der Waals surface area contributed by atoms with E-state index in [0.717, 1.165) is 10.7 Å². The van der Waals surface area contributed by atoms with Crippen LogP contribution in [0, 0.1) is 6.92 Å². The smallest absolute Gasteiger partial charge is 0.0948 e. The Balaban J connectivity index is 1.79. The summed E-state index contributed by atoms with van der Waals surface area (Å²) in [7, 11) is 2.09. The number of thiophene rings is 1. The Labute approximate surface area is 129 Å². The highest BCUT2D eigenvalue weighted by atomic mass is 32.1. The van der Waals surface area contributed by atoms with E-state index in [4.69, 9.17) is 0 Å². The minimum atomic E-state index is 1.15. The summed E-state index contributed by atoms with van der Waals surface area (Å²) in [6.07, 6.45) is 0. The Morgan fingerprint density at radius 2 is 1.62 bits per heavy atom. The minimum Gasteiger partial charge on any atom is -0.347 e. The maximum absolute atomic E-state index is 3.49. The molecule has 0 saturated carbocycles. The van der Waals surface area contributed by atoms with Gasteiger partial charge in [-0.2, -0.15) is 0 Å². The molecule has 1 aromatic heterocycles. The first-order valence-corrected chi connectivity index (χ1v) is 7.82. The van der Waals surface area contributed by atoms with Crippen LogP contribution in [-0.2, 0) is 0 Å². The average molecular weight is 294 g/mol. The van der Waals surface area contributed by atoms with Crippen molar-refractivity contribution in [1.82, 2.24) is 0 Å². The van der Waals surface area contributed by atoms with Crippen LogP contribution in [-0.4, -0.2) is 7.05 Å². The molecule has 2 nitrogen and oxygen atoms in total. The van der Waals surface area contributed by atoms with Gasteiger partial charge in [0, 0.05) is 23.8 Å². The van der Waals surface area contributed by atoms with Crippen molar-refractivity contribution in [3.8, 4) is 0 Å². The lowest BCUT2D eigenvalue weighted by molar-refractivity contribution is 1.22. The fraction of sp³-hybridized carbons (Fsp3) is 0.111. The molecule has 3 rings (SSSR count). The van der Waals surface area contributed by atoms with Crippen molar-refractivity contribution in [2.24, 2.45) is 0 Å². The number of nitrogens with zero attached hydrogens (tertiary/aromatic N) is 1. The molecule has 0 bridgehead atoms. The van der Waals surface area contributed by atoms with Crippen LogP contribution in [0.25, 0.3) is 0 Å². The van der Waals surface area contributed by atoms with Gasteiger partial charge in [-0.3, -0.25) is 0 Å². The fourth-order valence-electron chi connectivity index (χ4n) is 2.21. The third kappa shape index (κ3) is 3.09. The third-order valence-corrected chi connectivity index (χ3v) is 4.35. The van der Waals surface area contributed by atoms with Crippen LogP contribution in [0.15, 0.2) is 66.0 Å². The van der Waals surface area contributed by atoms with E-state index < -0.39 is 0 Å². The van der Waals surface area contributed by atoms with Gasteiger partial charge < -0.3 is 10.2 Å². The molecular formula is C18H18N2S. The number of nitrogens with one attached hydrogen (secondary N) is 1. The summed E-state index contributed by atoms with van der Waals surface area (Å²) in [6, 6.07) is 20.9. The largest absolute Gasteiger partial charge is 0.347 e. The Morgan fingerprint density at radius 1 is 0.905 bits per heavy atom. The molecule has 0 atom stereocenters. The summed E-state index contributed by atoms with van der Waals surface area (Å²) in [5.41, 5.74) is 4.80. The summed E-state index contributed by atoms with van der Waals surface area (Å²) in [5, 5.41) is 6.82. The number of anilines is 4. The molecule has 0 unspecified atom stereocenters. The topological polar surface area (TPSA) is 15.3 Å². The van der Waals surface area contributed by atoms with Gasteiger partial charge in [-0.05, 0) is 36.8 Å². The minimum absolute atomic E-state index is 1.15. The Bertz CT molecular complexity index is 719. The number of hydrogen-bond donors (Lipinski definition) is 1. The highest BCUT2D eigenvalue weighted by molar-refractivity contribution is 7.14. The highest BCUT2D eigenvalue weighted by Crippen LogP contribution is 2.33. The first-order valence-electron chi connectivity index (χ1n) is 6.94. The number of hydrogen-bond acceptors (Lipinski definition) is 3. The summed E-state index contributed by atoms with van der Waals surface area (Å²) in [6.45, 7) is 2.12. The fourth-order valence-corrected chi connectivity index (χ4v) is 3.05. The van der Waals surface area contributed by atoms with E-state index in [9.17, 15) is 0 Å². The van der Waals surface area contributed by atoms with E-state index in [1.54, 1.807) is 11.3 Å². The van der Waals surface area contributed by atoms with Crippen molar-refractivity contribution in [3.63, 3.8) is 0 Å². The molecule has 0 amide bonds. The van der Waals surface area contributed by atoms with E-state index in [1.807, 2.05) is 6.07 Å². The zero-order valence-corrected chi connectivity index (χ0v) is 13.0. The summed E-state index contributed by atoms with van der Waals surface area (Å²) < 4.78 is 0. The van der Waals surface area contributed by atoms with Gasteiger partial charge in [0.2, 0.25) is 0 Å². The molecule has 3 heteroatoms. The van der Waals surface area contributed by atoms with E-state index >= 15 is 0 Å². The van der Waals surface area contributed by atoms with Crippen molar-refractivity contribution in [1.29, 1.82) is 0 Å². The van der Waals surface area contributed by atoms with Crippen molar-refractivity contribution in [2.75, 3.05) is 17.3 Å². The van der Waals surface area contributed by atoms with Gasteiger partial charge in [-0.15, -0.1) is 11.3 Å². The Hall–Kier alpha value is -2.26. The molecule has 0 aliphatic rings. The van der Waals surface area contributed by atoms with Crippen LogP contribution < -0.4 is 10.2 Å². The van der Waals surface area contributed by atoms with Gasteiger partial charge in [0.25, 0.3) is 0 Å². The van der Waals surface area contributed by atoms with E-state index in [0.29, 0.717) is 0 Å². The SMILES string of the molecule is Cc1ccccc1Nc1cc(N(C)c2ccccc2)cs1. The maximum Gasteiger partial charge on any atom is 0.0948 e. The van der Waals surface area contributed by atoms with Crippen LogP contribution in [0.2, 0.25) is 0 Å². The second-order valence-corrected chi connectivity index (χ2v) is 5.91. The van der Waals surface area contributed by atoms with Gasteiger partial charge in [0.1, 0.15) is 0 Å². The number of aryl methyl sites for hydroxylation is 1. The van der Waals surface area contributed by atoms with Gasteiger partial charge >= 0.3 is 0 Å². The molecule has 0 fully saturated rings. The Morgan fingerprint density at radius 3 is 2.38 bits per heavy atom. The van der Waals surface area contributed by atoms with Crippen molar-refractivity contribution in [3.05, 3.63) is 71.6 Å². The van der Waals surface area contributed by atoms with Crippen LogP contribution in [0.3, 0.4) is 0 Å². The van der Waals surface area contributed by atoms with Crippen molar-refractivity contribution >= 4 is 33.4 Å². The first kappa shape index (κ1) is 13.7. The summed E-state index contributed by atoms with van der Waals surface area (Å²) in [5.74, 6) is 0. The van der Waals surface area contributed by atoms with Crippen molar-refractivity contribution in [2.45, 2.75) is 6.92 Å². The predicted octanol–water partition coefficient (Wildman–Crippen LogP) is 5.57. The molecule has 0 aliphatic heterocycles. The molecule has 3 aromatic rings. The number of para-hydroxylation sites is 2. The maximum atomic E-state index is 3.49. The molecule has 106 valence electrons. The van der Waals surface area contributed by atoms with Gasteiger partial charge in [0.05, 0.1) is 10.7 Å². The summed E-state index contributed by atoms with van der Waals surface area (Å²) in [4.78, 5) is 2.19. The normalized spacial score (nSPS) is 10.4. The molecule has 2 aromatic carbocycles. The van der Waals surface area contributed by atoms with Gasteiger partial charge in [-0.25, -0.2) is 0 Å². The van der Waals surface area contributed by atoms with Crippen LogP contribution in [0.4, 0.5) is 22.1 Å². The van der Waals surface area contributed by atoms with Gasteiger partial charge in [-0.1, -0.05) is 36.4 Å². The van der Waals surface area contributed by atoms with E-state index in [2.05, 4.69) is 84.2 Å². The molecule has 0 aliphatic carbocycles. The molecular weight excluding hydrogens is 276 g/mol. The predicted molar refractivity (Wildman–Crippen MR) is 93.3 cm³/mol. The monoisotopic (exact) mass is 294 g/mol. The standard InChI is InChI=1S/C18H18N2S/c1-14-8-6-7-11-17(14)19-18-12-16(13-21-18)20(2)15-9-4-3-5-10-15/h3-13,19H,1-2H3. The van der Waals surface area contributed by atoms with Crippen LogP contribution in [0.1, 0.15) is 5.56 Å². The number of benzene rings is 2. The zero-order valence-electron chi connectivity index (χ0n) is 12.2. The lowest BCUT2D eigenvalue weighted by atomic mass is 10.2. The van der Waals surface area contributed by atoms with Crippen LogP contribution in [0.5, 0.6) is 0 Å². The van der Waals surface area contributed by atoms with E-state index in [1.165, 1.54) is 16.9 Å². The van der Waals surface area contributed by atoms with Crippen LogP contribution >= 0.6 is 11.3 Å². The Kier molecular flexibility index (Phi) is 3.93. The lowest BCUT2D eigenvalue weighted by Gasteiger charge is -2.17. The molecule has 0 saturated heterocycles.